The van der Waals surface area contributed by atoms with Gasteiger partial charge in [0.2, 0.25) is 0 Å². The minimum Gasteiger partial charge on any atom is -0.329 e. The number of likely N-dealkylation sites (tertiary alicyclic amines) is 1. The highest BCUT2D eigenvalue weighted by Gasteiger charge is 2.32. The second kappa shape index (κ2) is 5.96. The number of nitrogens with zero attached hydrogens (tertiary/aromatic N) is 3. The van der Waals surface area contributed by atoms with E-state index in [0.29, 0.717) is 0 Å². The molecule has 0 spiro atoms. The highest BCUT2D eigenvalue weighted by atomic mass is 32.1. The van der Waals surface area contributed by atoms with Crippen LogP contribution in [0.3, 0.4) is 0 Å². The van der Waals surface area contributed by atoms with Crippen molar-refractivity contribution in [1.29, 1.82) is 0 Å². The van der Waals surface area contributed by atoms with E-state index < -0.39 is 0 Å². The monoisotopic (exact) mass is 324 g/mol. The number of aromatic nitrogens is 3. The van der Waals surface area contributed by atoms with Gasteiger partial charge >= 0.3 is 0 Å². The van der Waals surface area contributed by atoms with Crippen molar-refractivity contribution in [1.82, 2.24) is 20.1 Å². The molecule has 6 heteroatoms. The zero-order chi connectivity index (χ0) is 15.6. The first-order valence-electron chi connectivity index (χ1n) is 7.63. The van der Waals surface area contributed by atoms with Gasteiger partial charge in [0.25, 0.3) is 5.91 Å². The van der Waals surface area contributed by atoms with E-state index in [-0.39, 0.29) is 11.9 Å². The van der Waals surface area contributed by atoms with Gasteiger partial charge in [0.1, 0.15) is 5.01 Å². The zero-order valence-electron chi connectivity index (χ0n) is 12.5. The van der Waals surface area contributed by atoms with Gasteiger partial charge in [0.05, 0.1) is 11.7 Å². The van der Waals surface area contributed by atoms with Crippen LogP contribution in [0.5, 0.6) is 0 Å². The first-order valence-corrected chi connectivity index (χ1v) is 8.51. The Morgan fingerprint density at radius 3 is 2.78 bits per heavy atom. The van der Waals surface area contributed by atoms with E-state index in [1.807, 2.05) is 40.6 Å². The van der Waals surface area contributed by atoms with Gasteiger partial charge in [-0.15, -0.1) is 11.3 Å². The summed E-state index contributed by atoms with van der Waals surface area (Å²) in [6.45, 7) is 0.797. The second-order valence-electron chi connectivity index (χ2n) is 5.57. The highest BCUT2D eigenvalue weighted by molar-refractivity contribution is 7.09. The number of H-pyrrole nitrogens is 1. The number of hydrogen-bond acceptors (Lipinski definition) is 4. The van der Waals surface area contributed by atoms with Gasteiger partial charge in [0.15, 0.2) is 0 Å². The summed E-state index contributed by atoms with van der Waals surface area (Å²) in [7, 11) is 0. The Morgan fingerprint density at radius 2 is 2.09 bits per heavy atom. The number of nitrogens with one attached hydrogen (secondary N) is 1. The van der Waals surface area contributed by atoms with Crippen LogP contribution in [0, 0.1) is 0 Å². The molecular weight excluding hydrogens is 308 g/mol. The van der Waals surface area contributed by atoms with Crippen LogP contribution in [0.15, 0.2) is 48.1 Å². The second-order valence-corrected chi connectivity index (χ2v) is 6.50. The van der Waals surface area contributed by atoms with Crippen molar-refractivity contribution in [2.45, 2.75) is 18.9 Å². The van der Waals surface area contributed by atoms with Gasteiger partial charge in [-0.05, 0) is 36.6 Å². The molecule has 4 rings (SSSR count). The number of benzene rings is 1. The Balaban J connectivity index is 1.56. The summed E-state index contributed by atoms with van der Waals surface area (Å²) in [5.74, 6) is 0.0823. The van der Waals surface area contributed by atoms with Crippen molar-refractivity contribution < 1.29 is 4.79 Å². The molecule has 0 saturated carbocycles. The largest absolute Gasteiger partial charge is 0.329 e. The van der Waals surface area contributed by atoms with Crippen molar-refractivity contribution in [3.63, 3.8) is 0 Å². The molecule has 1 fully saturated rings. The predicted molar refractivity (Wildman–Crippen MR) is 89.1 cm³/mol. The Kier molecular flexibility index (Phi) is 3.67. The average molecular weight is 324 g/mol. The molecule has 3 heterocycles. The van der Waals surface area contributed by atoms with Crippen molar-refractivity contribution in [2.75, 3.05) is 6.54 Å². The molecule has 3 aromatic rings. The maximum Gasteiger partial charge on any atom is 0.254 e. The Labute approximate surface area is 138 Å². The quantitative estimate of drug-likeness (QED) is 0.802. The van der Waals surface area contributed by atoms with Gasteiger partial charge in [0, 0.05) is 29.9 Å². The van der Waals surface area contributed by atoms with Crippen LogP contribution in [0.2, 0.25) is 0 Å². The third-order valence-electron chi connectivity index (χ3n) is 4.19. The fourth-order valence-corrected chi connectivity index (χ4v) is 3.83. The standard InChI is InChI=1S/C17H16N4OS/c22-17(21-10-1-2-15(21)16-18-9-11-23-16)13-5-3-12(4-6-13)14-7-8-19-20-14/h3-9,11,15H,1-2,10H2,(H,19,20)/t15-/m0/s1. The first-order chi connectivity index (χ1) is 11.3. The lowest BCUT2D eigenvalue weighted by atomic mass is 10.1. The number of thiazole rings is 1. The van der Waals surface area contributed by atoms with Crippen LogP contribution >= 0.6 is 11.3 Å². The fraction of sp³-hybridized carbons (Fsp3) is 0.235. The molecule has 1 amide bonds. The molecule has 23 heavy (non-hydrogen) atoms. The normalized spacial score (nSPS) is 17.6. The van der Waals surface area contributed by atoms with E-state index in [2.05, 4.69) is 15.2 Å². The number of aromatic amines is 1. The maximum atomic E-state index is 12.8. The van der Waals surface area contributed by atoms with Gasteiger partial charge in [-0.3, -0.25) is 9.89 Å². The molecule has 0 unspecified atom stereocenters. The van der Waals surface area contributed by atoms with Gasteiger partial charge in [-0.1, -0.05) is 12.1 Å². The Bertz CT molecular complexity index is 781. The molecule has 1 aliphatic heterocycles. The van der Waals surface area contributed by atoms with Gasteiger partial charge in [-0.25, -0.2) is 4.98 Å². The molecule has 1 saturated heterocycles. The minimum absolute atomic E-state index is 0.0823. The molecule has 116 valence electrons. The molecule has 0 aliphatic carbocycles. The van der Waals surface area contributed by atoms with Crippen LogP contribution in [0.25, 0.3) is 11.3 Å². The molecule has 1 aromatic carbocycles. The average Bonchev–Trinajstić information content (AvgIpc) is 3.35. The van der Waals surface area contributed by atoms with Crippen LogP contribution < -0.4 is 0 Å². The smallest absolute Gasteiger partial charge is 0.254 e. The van der Waals surface area contributed by atoms with Crippen molar-refractivity contribution in [2.24, 2.45) is 0 Å². The van der Waals surface area contributed by atoms with Crippen LogP contribution in [-0.4, -0.2) is 32.5 Å². The van der Waals surface area contributed by atoms with E-state index >= 15 is 0 Å². The van der Waals surface area contributed by atoms with Crippen LogP contribution in [0.4, 0.5) is 0 Å². The van der Waals surface area contributed by atoms with Crippen molar-refractivity contribution in [3.8, 4) is 11.3 Å². The van der Waals surface area contributed by atoms with Crippen molar-refractivity contribution >= 4 is 17.2 Å². The molecule has 0 bridgehead atoms. The Hall–Kier alpha value is -2.47. The molecule has 1 aliphatic rings. The summed E-state index contributed by atoms with van der Waals surface area (Å²) in [5, 5.41) is 9.88. The molecule has 0 radical (unpaired) electrons. The highest BCUT2D eigenvalue weighted by Crippen LogP contribution is 2.34. The van der Waals surface area contributed by atoms with Gasteiger partial charge < -0.3 is 4.90 Å². The topological polar surface area (TPSA) is 61.9 Å². The summed E-state index contributed by atoms with van der Waals surface area (Å²) in [6, 6.07) is 9.71. The van der Waals surface area contributed by atoms with Gasteiger partial charge in [-0.2, -0.15) is 5.10 Å². The third kappa shape index (κ3) is 2.66. The van der Waals surface area contributed by atoms with Crippen LogP contribution in [-0.2, 0) is 0 Å². The number of rotatable bonds is 3. The van der Waals surface area contributed by atoms with E-state index in [9.17, 15) is 4.79 Å². The van der Waals surface area contributed by atoms with E-state index in [0.717, 1.165) is 41.2 Å². The van der Waals surface area contributed by atoms with Crippen molar-refractivity contribution in [3.05, 3.63) is 58.7 Å². The summed E-state index contributed by atoms with van der Waals surface area (Å²) in [6.07, 6.45) is 5.55. The van der Waals surface area contributed by atoms with E-state index in [4.69, 9.17) is 0 Å². The van der Waals surface area contributed by atoms with E-state index in [1.54, 1.807) is 23.7 Å². The Morgan fingerprint density at radius 1 is 1.22 bits per heavy atom. The molecule has 2 aromatic heterocycles. The first kappa shape index (κ1) is 14.1. The molecular formula is C17H16N4OS. The number of carbonyl (C=O) groups excluding carboxylic acids is 1. The number of carbonyl (C=O) groups is 1. The van der Waals surface area contributed by atoms with Crippen LogP contribution in [0.1, 0.15) is 34.2 Å². The summed E-state index contributed by atoms with van der Waals surface area (Å²) in [4.78, 5) is 19.2. The molecule has 1 atom stereocenters. The minimum atomic E-state index is 0.0823. The summed E-state index contributed by atoms with van der Waals surface area (Å²) < 4.78 is 0. The third-order valence-corrected chi connectivity index (χ3v) is 5.07. The zero-order valence-corrected chi connectivity index (χ0v) is 13.3. The lowest BCUT2D eigenvalue weighted by Crippen LogP contribution is -2.30. The summed E-state index contributed by atoms with van der Waals surface area (Å²) in [5.41, 5.74) is 2.69. The molecule has 5 nitrogen and oxygen atoms in total. The summed E-state index contributed by atoms with van der Waals surface area (Å²) >= 11 is 1.62. The maximum absolute atomic E-state index is 12.8. The lowest BCUT2D eigenvalue weighted by Gasteiger charge is -2.23. The van der Waals surface area contributed by atoms with E-state index in [1.165, 1.54) is 0 Å². The lowest BCUT2D eigenvalue weighted by molar-refractivity contribution is 0.0735. The SMILES string of the molecule is O=C(c1ccc(-c2ccn[nH]2)cc1)N1CCC[C@H]1c1nccs1. The predicted octanol–water partition coefficient (Wildman–Crippen LogP) is 3.51. The molecule has 1 N–H and O–H groups in total. The number of hydrogen-bond donors (Lipinski definition) is 1. The number of amides is 1. The fourth-order valence-electron chi connectivity index (χ4n) is 3.04.